The number of aromatic amines is 1. The third-order valence-corrected chi connectivity index (χ3v) is 6.31. The van der Waals surface area contributed by atoms with Crippen molar-refractivity contribution < 1.29 is 4.74 Å². The average Bonchev–Trinajstić information content (AvgIpc) is 3.44. The van der Waals surface area contributed by atoms with E-state index in [9.17, 15) is 0 Å². The molecule has 4 nitrogen and oxygen atoms in total. The molecule has 1 atom stereocenters. The quantitative estimate of drug-likeness (QED) is 0.433. The van der Waals surface area contributed by atoms with Crippen LogP contribution in [0.25, 0.3) is 21.5 Å². The molecule has 4 aromatic rings. The van der Waals surface area contributed by atoms with Gasteiger partial charge < -0.3 is 14.6 Å². The number of anilines is 1. The van der Waals surface area contributed by atoms with Crippen LogP contribution in [0.1, 0.15) is 23.9 Å². The first kappa shape index (κ1) is 18.0. The van der Waals surface area contributed by atoms with Crippen molar-refractivity contribution in [3.05, 3.63) is 77.5 Å². The van der Waals surface area contributed by atoms with Crippen molar-refractivity contribution in [1.29, 1.82) is 0 Å². The Morgan fingerprint density at radius 3 is 3.00 bits per heavy atom. The average molecular weight is 401 g/mol. The zero-order chi connectivity index (χ0) is 20.0. The minimum atomic E-state index is 0.136. The minimum Gasteiger partial charge on any atom is -0.497 e. The highest BCUT2D eigenvalue weighted by Crippen LogP contribution is 2.41. The van der Waals surface area contributed by atoms with E-state index in [0.29, 0.717) is 0 Å². The van der Waals surface area contributed by atoms with Crippen LogP contribution in [-0.2, 0) is 0 Å². The van der Waals surface area contributed by atoms with Gasteiger partial charge in [-0.2, -0.15) is 0 Å². The lowest BCUT2D eigenvalue weighted by molar-refractivity contribution is 0.415. The molecule has 0 amide bonds. The summed E-state index contributed by atoms with van der Waals surface area (Å²) >= 11 is 1.73. The van der Waals surface area contributed by atoms with E-state index < -0.39 is 0 Å². The van der Waals surface area contributed by atoms with Crippen LogP contribution in [-0.4, -0.2) is 23.6 Å². The molecule has 5 rings (SSSR count). The van der Waals surface area contributed by atoms with Crippen LogP contribution in [0.3, 0.4) is 0 Å². The molecule has 1 aliphatic rings. The molecule has 0 bridgehead atoms. The summed E-state index contributed by atoms with van der Waals surface area (Å²) in [6, 6.07) is 18.3. The smallest absolute Gasteiger partial charge is 0.130 e. The number of rotatable bonds is 4. The Kier molecular flexibility index (Phi) is 4.40. The molecule has 5 heteroatoms. The van der Waals surface area contributed by atoms with E-state index in [1.165, 1.54) is 16.7 Å². The number of aromatic nitrogens is 2. The number of hydrogen-bond acceptors (Lipinski definition) is 4. The molecule has 29 heavy (non-hydrogen) atoms. The highest BCUT2D eigenvalue weighted by Gasteiger charge is 2.31. The Bertz CT molecular complexity index is 1210. The van der Waals surface area contributed by atoms with Gasteiger partial charge >= 0.3 is 0 Å². The molecule has 0 spiro atoms. The molecule has 145 valence electrons. The van der Waals surface area contributed by atoms with Crippen molar-refractivity contribution in [2.24, 2.45) is 0 Å². The maximum atomic E-state index is 5.34. The molecular weight excluding hydrogens is 378 g/mol. The molecule has 0 unspecified atom stereocenters. The van der Waals surface area contributed by atoms with Crippen LogP contribution in [0, 0.1) is 13.0 Å². The lowest BCUT2D eigenvalue weighted by Crippen LogP contribution is -2.23. The summed E-state index contributed by atoms with van der Waals surface area (Å²) in [5, 5.41) is 2.19. The van der Waals surface area contributed by atoms with E-state index in [0.717, 1.165) is 46.1 Å². The topological polar surface area (TPSA) is 41.1 Å². The summed E-state index contributed by atoms with van der Waals surface area (Å²) in [6.45, 7) is 7.19. The zero-order valence-corrected chi connectivity index (χ0v) is 17.3. The fourth-order valence-electron chi connectivity index (χ4n) is 3.94. The predicted octanol–water partition coefficient (Wildman–Crippen LogP) is 5.92. The molecule has 1 saturated heterocycles. The maximum Gasteiger partial charge on any atom is 0.130 e. The molecule has 1 aliphatic heterocycles. The second kappa shape index (κ2) is 7.08. The molecule has 1 N–H and O–H groups in total. The van der Waals surface area contributed by atoms with Crippen molar-refractivity contribution >= 4 is 28.1 Å². The molecular formula is C24H22N3OS. The lowest BCUT2D eigenvalue weighted by atomic mass is 10.1. The number of fused-ring (bicyclic) bond motifs is 1. The van der Waals surface area contributed by atoms with Crippen LogP contribution in [0.4, 0.5) is 5.69 Å². The van der Waals surface area contributed by atoms with Gasteiger partial charge in [-0.15, -0.1) is 11.3 Å². The molecule has 3 heterocycles. The third-order valence-electron chi connectivity index (χ3n) is 5.40. The normalized spacial score (nSPS) is 16.7. The number of methoxy groups -OCH3 is 1. The SMILES string of the molecule is C=C1C[C@@H](c2nc3cc(OC)ccc3[nH]2)N(c2[c]c(-c3cccc(C)c3)sc2)C1. The number of nitrogens with one attached hydrogen (secondary N) is 1. The number of thiophene rings is 1. The fraction of sp³-hybridized carbons (Fsp3) is 0.208. The number of ether oxygens (including phenoxy) is 1. The number of benzene rings is 2. The largest absolute Gasteiger partial charge is 0.497 e. The van der Waals surface area contributed by atoms with Gasteiger partial charge in [-0.1, -0.05) is 42.0 Å². The molecule has 2 aromatic carbocycles. The van der Waals surface area contributed by atoms with Crippen molar-refractivity contribution in [2.75, 3.05) is 18.6 Å². The monoisotopic (exact) mass is 400 g/mol. The molecule has 0 saturated carbocycles. The molecule has 0 aliphatic carbocycles. The zero-order valence-electron chi connectivity index (χ0n) is 16.5. The van der Waals surface area contributed by atoms with Gasteiger partial charge in [0.2, 0.25) is 0 Å². The Morgan fingerprint density at radius 2 is 2.17 bits per heavy atom. The Balaban J connectivity index is 1.49. The first-order valence-corrected chi connectivity index (χ1v) is 10.5. The van der Waals surface area contributed by atoms with Gasteiger partial charge in [0.25, 0.3) is 0 Å². The van der Waals surface area contributed by atoms with Crippen LogP contribution in [0.15, 0.2) is 60.0 Å². The van der Waals surface area contributed by atoms with Gasteiger partial charge in [0.15, 0.2) is 0 Å². The third kappa shape index (κ3) is 3.32. The molecule has 2 aromatic heterocycles. The summed E-state index contributed by atoms with van der Waals surface area (Å²) in [5.74, 6) is 1.78. The van der Waals surface area contributed by atoms with Gasteiger partial charge in [-0.05, 0) is 31.0 Å². The molecule has 1 fully saturated rings. The second-order valence-electron chi connectivity index (χ2n) is 7.55. The van der Waals surface area contributed by atoms with Crippen molar-refractivity contribution in [2.45, 2.75) is 19.4 Å². The van der Waals surface area contributed by atoms with Crippen LogP contribution < -0.4 is 9.64 Å². The van der Waals surface area contributed by atoms with Crippen LogP contribution in [0.5, 0.6) is 5.75 Å². The number of H-pyrrole nitrogens is 1. The van der Waals surface area contributed by atoms with Gasteiger partial charge in [0, 0.05) is 28.9 Å². The number of nitrogens with zero attached hydrogens (tertiary/aromatic N) is 2. The van der Waals surface area contributed by atoms with E-state index in [4.69, 9.17) is 9.72 Å². The van der Waals surface area contributed by atoms with Crippen molar-refractivity contribution in [3.8, 4) is 16.2 Å². The predicted molar refractivity (Wildman–Crippen MR) is 120 cm³/mol. The van der Waals surface area contributed by atoms with Gasteiger partial charge in [-0.25, -0.2) is 4.98 Å². The summed E-state index contributed by atoms with van der Waals surface area (Å²) in [5.41, 5.74) is 6.74. The number of imidazole rings is 1. The standard InChI is InChI=1S/C24H22N3OS/c1-15-5-4-6-17(9-15)23-11-18(14-29-23)27-13-16(2)10-22(27)24-25-20-8-7-19(28-3)12-21(20)26-24/h4-9,12,14,22H,2,10,13H2,1,3H3,(H,25,26)/t22-/m0/s1. The fourth-order valence-corrected chi connectivity index (χ4v) is 4.79. The highest BCUT2D eigenvalue weighted by atomic mass is 32.1. The van der Waals surface area contributed by atoms with E-state index >= 15 is 0 Å². The van der Waals surface area contributed by atoms with Gasteiger partial charge in [-0.3, -0.25) is 0 Å². The Labute approximate surface area is 174 Å². The first-order valence-electron chi connectivity index (χ1n) is 9.65. The summed E-state index contributed by atoms with van der Waals surface area (Å²) in [6.07, 6.45) is 0.889. The summed E-state index contributed by atoms with van der Waals surface area (Å²) < 4.78 is 5.34. The van der Waals surface area contributed by atoms with E-state index in [2.05, 4.69) is 59.1 Å². The Hall–Kier alpha value is -3.05. The first-order chi connectivity index (χ1) is 14.1. The lowest BCUT2D eigenvalue weighted by Gasteiger charge is -2.23. The van der Waals surface area contributed by atoms with Gasteiger partial charge in [0.1, 0.15) is 11.6 Å². The van der Waals surface area contributed by atoms with Crippen molar-refractivity contribution in [1.82, 2.24) is 9.97 Å². The number of hydrogen-bond donors (Lipinski definition) is 1. The van der Waals surface area contributed by atoms with Gasteiger partial charge in [0.05, 0.1) is 29.9 Å². The van der Waals surface area contributed by atoms with Crippen molar-refractivity contribution in [3.63, 3.8) is 0 Å². The number of aryl methyl sites for hydroxylation is 1. The Morgan fingerprint density at radius 1 is 1.28 bits per heavy atom. The minimum absolute atomic E-state index is 0.136. The van der Waals surface area contributed by atoms with E-state index in [1.54, 1.807) is 18.4 Å². The summed E-state index contributed by atoms with van der Waals surface area (Å²) in [7, 11) is 1.68. The second-order valence-corrected chi connectivity index (χ2v) is 8.43. The highest BCUT2D eigenvalue weighted by molar-refractivity contribution is 7.14. The van der Waals surface area contributed by atoms with E-state index in [1.807, 2.05) is 18.2 Å². The van der Waals surface area contributed by atoms with E-state index in [-0.39, 0.29) is 6.04 Å². The van der Waals surface area contributed by atoms with Crippen LogP contribution in [0.2, 0.25) is 0 Å². The maximum absolute atomic E-state index is 5.34. The molecule has 1 radical (unpaired) electrons. The summed E-state index contributed by atoms with van der Waals surface area (Å²) in [4.78, 5) is 11.9. The van der Waals surface area contributed by atoms with Crippen LogP contribution >= 0.6 is 11.3 Å².